The lowest BCUT2D eigenvalue weighted by molar-refractivity contribution is -0.113. The number of unbranched alkanes of at least 4 members (excludes halogenated alkanes) is 1. The van der Waals surface area contributed by atoms with Gasteiger partial charge in [-0.2, -0.15) is 5.26 Å². The predicted molar refractivity (Wildman–Crippen MR) is 76.1 cm³/mol. The molecule has 110 valence electrons. The number of nitriles is 1. The van der Waals surface area contributed by atoms with Crippen LogP contribution in [0.5, 0.6) is 0 Å². The van der Waals surface area contributed by atoms with Crippen LogP contribution in [0.1, 0.15) is 37.6 Å². The van der Waals surface area contributed by atoms with Gasteiger partial charge in [-0.05, 0) is 6.42 Å². The maximum atomic E-state index is 11.6. The number of carbonyl (C=O) groups is 1. The second-order valence-corrected chi connectivity index (χ2v) is 7.70. The zero-order valence-electron chi connectivity index (χ0n) is 11.3. The van der Waals surface area contributed by atoms with E-state index in [1.165, 1.54) is 11.3 Å². The molecule has 9 heteroatoms. The van der Waals surface area contributed by atoms with Crippen molar-refractivity contribution in [2.24, 2.45) is 0 Å². The predicted octanol–water partition coefficient (Wildman–Crippen LogP) is 1.32. The largest absolute Gasteiger partial charge is 0.300 e. The molecule has 1 amide bonds. The molecule has 0 radical (unpaired) electrons. The molecule has 0 saturated carbocycles. The number of nitrogens with one attached hydrogen (secondary N) is 1. The number of aromatic nitrogens is 2. The Morgan fingerprint density at radius 1 is 1.45 bits per heavy atom. The minimum atomic E-state index is -3.49. The van der Waals surface area contributed by atoms with Crippen LogP contribution in [0.15, 0.2) is 0 Å². The van der Waals surface area contributed by atoms with Gasteiger partial charge in [-0.1, -0.05) is 25.2 Å². The van der Waals surface area contributed by atoms with Gasteiger partial charge in [0.1, 0.15) is 10.8 Å². The topological polar surface area (TPSA) is 113 Å². The van der Waals surface area contributed by atoms with Crippen LogP contribution in [0.2, 0.25) is 0 Å². The summed E-state index contributed by atoms with van der Waals surface area (Å²) in [4.78, 5) is 11.6. The van der Waals surface area contributed by atoms with Crippen LogP contribution in [0.25, 0.3) is 0 Å². The normalized spacial score (nSPS) is 11.3. The lowest BCUT2D eigenvalue weighted by Gasteiger charge is -2.02. The molecule has 0 aliphatic heterocycles. The first-order chi connectivity index (χ1) is 9.34. The molecule has 0 fully saturated rings. The van der Waals surface area contributed by atoms with E-state index in [0.717, 1.165) is 5.01 Å². The smallest absolute Gasteiger partial charge is 0.241 e. The van der Waals surface area contributed by atoms with Crippen molar-refractivity contribution in [3.05, 3.63) is 5.01 Å². The summed E-state index contributed by atoms with van der Waals surface area (Å²) in [6, 6.07) is 1.87. The standard InChI is InChI=1S/C11H16N4O3S2/c1-8(2)10-14-15-11(19-10)13-9(16)7-20(17,18)6-4-3-5-12/h8H,3-4,6-7H2,1-2H3,(H,13,15,16). The Balaban J connectivity index is 2.52. The Kier molecular flexibility index (Phi) is 6.04. The zero-order valence-corrected chi connectivity index (χ0v) is 12.9. The molecule has 7 nitrogen and oxygen atoms in total. The molecule has 1 N–H and O–H groups in total. The van der Waals surface area contributed by atoms with E-state index in [1.54, 1.807) is 0 Å². The first-order valence-electron chi connectivity index (χ1n) is 6.04. The molecule has 0 aromatic carbocycles. The summed E-state index contributed by atoms with van der Waals surface area (Å²) in [7, 11) is -3.49. The van der Waals surface area contributed by atoms with Crippen LogP contribution in [0, 0.1) is 11.3 Å². The van der Waals surface area contributed by atoms with Gasteiger partial charge in [0.05, 0.1) is 11.8 Å². The Labute approximate surface area is 121 Å². The molecule has 0 spiro atoms. The SMILES string of the molecule is CC(C)c1nnc(NC(=O)CS(=O)(=O)CCCC#N)s1. The second-order valence-electron chi connectivity index (χ2n) is 4.50. The Morgan fingerprint density at radius 3 is 2.70 bits per heavy atom. The molecule has 0 unspecified atom stereocenters. The van der Waals surface area contributed by atoms with Crippen LogP contribution < -0.4 is 5.32 Å². The van der Waals surface area contributed by atoms with Gasteiger partial charge < -0.3 is 0 Å². The van der Waals surface area contributed by atoms with Gasteiger partial charge in [-0.3, -0.25) is 10.1 Å². The minimum absolute atomic E-state index is 0.162. The molecule has 1 aromatic heterocycles. The van der Waals surface area contributed by atoms with Crippen LogP contribution in [0.4, 0.5) is 5.13 Å². The summed E-state index contributed by atoms with van der Waals surface area (Å²) in [5.41, 5.74) is 0. The Hall–Kier alpha value is -1.53. The van der Waals surface area contributed by atoms with Crippen molar-refractivity contribution in [3.8, 4) is 6.07 Å². The lowest BCUT2D eigenvalue weighted by Crippen LogP contribution is -2.24. The number of carbonyl (C=O) groups excluding carboxylic acids is 1. The van der Waals surface area contributed by atoms with E-state index in [0.29, 0.717) is 5.13 Å². The van der Waals surface area contributed by atoms with Crippen LogP contribution >= 0.6 is 11.3 Å². The number of hydrogen-bond acceptors (Lipinski definition) is 7. The maximum absolute atomic E-state index is 11.6. The summed E-state index contributed by atoms with van der Waals surface area (Å²) >= 11 is 1.22. The number of anilines is 1. The number of rotatable bonds is 7. The van der Waals surface area contributed by atoms with E-state index in [2.05, 4.69) is 15.5 Å². The lowest BCUT2D eigenvalue weighted by atomic mass is 10.2. The van der Waals surface area contributed by atoms with Gasteiger partial charge in [-0.25, -0.2) is 8.42 Å². The molecular formula is C11H16N4O3S2. The molecule has 1 aromatic rings. The van der Waals surface area contributed by atoms with Crippen molar-refractivity contribution in [2.75, 3.05) is 16.8 Å². The molecule has 1 heterocycles. The van der Waals surface area contributed by atoms with Gasteiger partial charge in [0.25, 0.3) is 0 Å². The number of nitrogens with zero attached hydrogens (tertiary/aromatic N) is 3. The van der Waals surface area contributed by atoms with Crippen molar-refractivity contribution in [2.45, 2.75) is 32.6 Å². The van der Waals surface area contributed by atoms with E-state index < -0.39 is 21.5 Å². The third kappa shape index (κ3) is 5.63. The first kappa shape index (κ1) is 16.5. The molecule has 0 saturated heterocycles. The van der Waals surface area contributed by atoms with Gasteiger partial charge in [-0.15, -0.1) is 10.2 Å². The fourth-order valence-corrected chi connectivity index (χ4v) is 3.28. The monoisotopic (exact) mass is 316 g/mol. The summed E-state index contributed by atoms with van der Waals surface area (Å²) < 4.78 is 23.2. The quantitative estimate of drug-likeness (QED) is 0.759. The Morgan fingerprint density at radius 2 is 2.15 bits per heavy atom. The van der Waals surface area contributed by atoms with Gasteiger partial charge in [0.2, 0.25) is 11.0 Å². The van der Waals surface area contributed by atoms with E-state index in [9.17, 15) is 13.2 Å². The van der Waals surface area contributed by atoms with E-state index in [1.807, 2.05) is 19.9 Å². The van der Waals surface area contributed by atoms with Crippen molar-refractivity contribution in [3.63, 3.8) is 0 Å². The summed E-state index contributed by atoms with van der Waals surface area (Å²) in [6.07, 6.45) is 0.400. The molecular weight excluding hydrogens is 300 g/mol. The van der Waals surface area contributed by atoms with E-state index in [4.69, 9.17) is 5.26 Å². The number of hydrogen-bond donors (Lipinski definition) is 1. The number of sulfone groups is 1. The third-order valence-electron chi connectivity index (χ3n) is 2.28. The third-order valence-corrected chi connectivity index (χ3v) is 5.03. The highest BCUT2D eigenvalue weighted by Crippen LogP contribution is 2.22. The highest BCUT2D eigenvalue weighted by Gasteiger charge is 2.18. The molecule has 20 heavy (non-hydrogen) atoms. The van der Waals surface area contributed by atoms with Crippen molar-refractivity contribution >= 4 is 32.2 Å². The van der Waals surface area contributed by atoms with E-state index in [-0.39, 0.29) is 24.5 Å². The van der Waals surface area contributed by atoms with Gasteiger partial charge in [0.15, 0.2) is 9.84 Å². The fraction of sp³-hybridized carbons (Fsp3) is 0.636. The minimum Gasteiger partial charge on any atom is -0.300 e. The fourth-order valence-electron chi connectivity index (χ4n) is 1.32. The van der Waals surface area contributed by atoms with Crippen molar-refractivity contribution in [1.82, 2.24) is 10.2 Å². The highest BCUT2D eigenvalue weighted by atomic mass is 32.2. The average Bonchev–Trinajstić information content (AvgIpc) is 2.76. The molecule has 0 aliphatic carbocycles. The van der Waals surface area contributed by atoms with Crippen LogP contribution in [0.3, 0.4) is 0 Å². The van der Waals surface area contributed by atoms with Gasteiger partial charge in [0, 0.05) is 12.3 Å². The zero-order chi connectivity index (χ0) is 15.2. The average molecular weight is 316 g/mol. The van der Waals surface area contributed by atoms with Crippen molar-refractivity contribution in [1.29, 1.82) is 5.26 Å². The van der Waals surface area contributed by atoms with Crippen LogP contribution in [-0.2, 0) is 14.6 Å². The first-order valence-corrected chi connectivity index (χ1v) is 8.68. The molecule has 0 bridgehead atoms. The molecule has 1 rings (SSSR count). The highest BCUT2D eigenvalue weighted by molar-refractivity contribution is 7.92. The number of amides is 1. The Bertz CT molecular complexity index is 601. The molecule has 0 aliphatic rings. The van der Waals surface area contributed by atoms with Gasteiger partial charge >= 0.3 is 0 Å². The van der Waals surface area contributed by atoms with Crippen LogP contribution in [-0.4, -0.2) is 36.0 Å². The summed E-state index contributed by atoms with van der Waals surface area (Å²) in [6.45, 7) is 3.90. The molecule has 0 atom stereocenters. The van der Waals surface area contributed by atoms with Crippen molar-refractivity contribution < 1.29 is 13.2 Å². The summed E-state index contributed by atoms with van der Waals surface area (Å²) in [5.74, 6) is -1.20. The summed E-state index contributed by atoms with van der Waals surface area (Å²) in [5, 5.41) is 19.5. The second kappa shape index (κ2) is 7.31. The van der Waals surface area contributed by atoms with E-state index >= 15 is 0 Å². The maximum Gasteiger partial charge on any atom is 0.241 e.